The summed E-state index contributed by atoms with van der Waals surface area (Å²) in [6.45, 7) is 0.262. The van der Waals surface area contributed by atoms with E-state index < -0.39 is 23.9 Å². The van der Waals surface area contributed by atoms with Gasteiger partial charge in [0.25, 0.3) is 0 Å². The van der Waals surface area contributed by atoms with Crippen LogP contribution in [0.3, 0.4) is 0 Å². The Morgan fingerprint density at radius 2 is 1.82 bits per heavy atom. The largest absolute Gasteiger partial charge is 0.451 e. The molecule has 1 aliphatic rings. The van der Waals surface area contributed by atoms with E-state index in [-0.39, 0.29) is 24.7 Å². The normalized spacial score (nSPS) is 15.1. The quantitative estimate of drug-likeness (QED) is 0.335. The number of hydrogen-bond acceptors (Lipinski definition) is 5. The number of para-hydroxylation sites is 1. The summed E-state index contributed by atoms with van der Waals surface area (Å²) in [5, 5.41) is 10.2. The van der Waals surface area contributed by atoms with Gasteiger partial charge in [-0.2, -0.15) is 23.0 Å². The van der Waals surface area contributed by atoms with Crippen LogP contribution in [0.2, 0.25) is 0 Å². The van der Waals surface area contributed by atoms with Gasteiger partial charge in [0.1, 0.15) is 0 Å². The maximum absolute atomic E-state index is 13.7. The SMILES string of the molecule is COC(=O)n1ncc2c(NC(=O)NCC3CCc4ccccc4N3Cc3ccccc3C(F)(F)F)cccc21. The van der Waals surface area contributed by atoms with E-state index in [4.69, 9.17) is 4.74 Å². The number of carbonyl (C=O) groups excluding carboxylic acids is 2. The number of ether oxygens (including phenoxy) is 1. The number of rotatable bonds is 5. The fourth-order valence-electron chi connectivity index (χ4n) is 4.99. The van der Waals surface area contributed by atoms with Gasteiger partial charge in [0.15, 0.2) is 0 Å². The van der Waals surface area contributed by atoms with Crippen LogP contribution in [0.4, 0.5) is 34.1 Å². The summed E-state index contributed by atoms with van der Waals surface area (Å²) < 4.78 is 47.0. The van der Waals surface area contributed by atoms with Crippen molar-refractivity contribution in [1.29, 1.82) is 0 Å². The van der Waals surface area contributed by atoms with E-state index in [2.05, 4.69) is 15.7 Å². The smallest absolute Gasteiger partial charge is 0.434 e. The average molecular weight is 538 g/mol. The Morgan fingerprint density at radius 1 is 1.05 bits per heavy atom. The third-order valence-electron chi connectivity index (χ3n) is 6.86. The second-order valence-corrected chi connectivity index (χ2v) is 9.20. The van der Waals surface area contributed by atoms with Gasteiger partial charge >= 0.3 is 18.3 Å². The maximum atomic E-state index is 13.7. The summed E-state index contributed by atoms with van der Waals surface area (Å²) in [7, 11) is 1.25. The van der Waals surface area contributed by atoms with Crippen LogP contribution in [0, 0.1) is 0 Å². The standard InChI is InChI=1S/C28H26F3N5O3/c1-39-27(38)36-25-12-6-10-23(21(25)16-33-36)34-26(37)32-15-20-14-13-18-7-3-5-11-24(18)35(20)17-19-8-2-4-9-22(19)28(29,30)31/h2-12,16,20H,13-15,17H2,1H3,(H2,32,34,37). The molecule has 202 valence electrons. The van der Waals surface area contributed by atoms with E-state index in [1.54, 1.807) is 24.3 Å². The van der Waals surface area contributed by atoms with Crippen molar-refractivity contribution in [2.24, 2.45) is 0 Å². The molecule has 2 heterocycles. The Balaban J connectivity index is 1.34. The van der Waals surface area contributed by atoms with Crippen LogP contribution in [-0.4, -0.2) is 41.6 Å². The molecule has 0 saturated heterocycles. The Labute approximate surface area is 222 Å². The van der Waals surface area contributed by atoms with Crippen LogP contribution in [0.1, 0.15) is 23.1 Å². The van der Waals surface area contributed by atoms with Crippen LogP contribution >= 0.6 is 0 Å². The molecule has 0 spiro atoms. The predicted molar refractivity (Wildman–Crippen MR) is 141 cm³/mol. The lowest BCUT2D eigenvalue weighted by Gasteiger charge is -2.39. The number of fused-ring (bicyclic) bond motifs is 2. The molecule has 2 amide bonds. The highest BCUT2D eigenvalue weighted by atomic mass is 19.4. The lowest BCUT2D eigenvalue weighted by molar-refractivity contribution is -0.138. The molecule has 1 aromatic heterocycles. The zero-order valence-electron chi connectivity index (χ0n) is 21.0. The summed E-state index contributed by atoms with van der Waals surface area (Å²) in [5.41, 5.74) is 2.33. The lowest BCUT2D eigenvalue weighted by Crippen LogP contribution is -2.47. The van der Waals surface area contributed by atoms with Crippen LogP contribution < -0.4 is 15.5 Å². The van der Waals surface area contributed by atoms with Gasteiger partial charge in [0.2, 0.25) is 0 Å². The Kier molecular flexibility index (Phi) is 7.14. The third kappa shape index (κ3) is 5.38. The number of urea groups is 1. The molecule has 4 aromatic rings. The first-order chi connectivity index (χ1) is 18.8. The fraction of sp³-hybridized carbons (Fsp3) is 0.250. The first kappa shape index (κ1) is 26.1. The number of aryl methyl sites for hydroxylation is 1. The lowest BCUT2D eigenvalue weighted by atomic mass is 9.94. The summed E-state index contributed by atoms with van der Waals surface area (Å²) >= 11 is 0. The van der Waals surface area contributed by atoms with Gasteiger partial charge < -0.3 is 20.3 Å². The number of carbonyl (C=O) groups is 2. The molecular formula is C28H26F3N5O3. The van der Waals surface area contributed by atoms with Crippen molar-refractivity contribution >= 4 is 34.4 Å². The zero-order valence-corrected chi connectivity index (χ0v) is 21.0. The van der Waals surface area contributed by atoms with Gasteiger partial charge in [0.05, 0.1) is 30.1 Å². The Morgan fingerprint density at radius 3 is 2.62 bits per heavy atom. The summed E-state index contributed by atoms with van der Waals surface area (Å²) in [4.78, 5) is 26.8. The molecule has 5 rings (SSSR count). The zero-order chi connectivity index (χ0) is 27.6. The first-order valence-corrected chi connectivity index (χ1v) is 12.4. The number of amides is 2. The molecular weight excluding hydrogens is 511 g/mol. The van der Waals surface area contributed by atoms with Gasteiger partial charge in [-0.15, -0.1) is 0 Å². The third-order valence-corrected chi connectivity index (χ3v) is 6.86. The highest BCUT2D eigenvalue weighted by Gasteiger charge is 2.35. The van der Waals surface area contributed by atoms with Crippen LogP contribution in [-0.2, 0) is 23.9 Å². The number of benzene rings is 3. The molecule has 0 aliphatic carbocycles. The minimum Gasteiger partial charge on any atom is -0.451 e. The van der Waals surface area contributed by atoms with Crippen molar-refractivity contribution in [2.75, 3.05) is 23.9 Å². The number of aromatic nitrogens is 2. The monoisotopic (exact) mass is 537 g/mol. The number of anilines is 2. The number of methoxy groups -OCH3 is 1. The van der Waals surface area contributed by atoms with Crippen molar-refractivity contribution in [3.63, 3.8) is 0 Å². The molecule has 0 saturated carbocycles. The molecule has 2 N–H and O–H groups in total. The molecule has 3 aromatic carbocycles. The van der Waals surface area contributed by atoms with E-state index in [1.165, 1.54) is 25.4 Å². The van der Waals surface area contributed by atoms with Gasteiger partial charge in [0, 0.05) is 30.2 Å². The summed E-state index contributed by atoms with van der Waals surface area (Å²) in [5.74, 6) is 0. The average Bonchev–Trinajstić information content (AvgIpc) is 3.37. The molecule has 0 bridgehead atoms. The second kappa shape index (κ2) is 10.7. The van der Waals surface area contributed by atoms with Crippen molar-refractivity contribution < 1.29 is 27.5 Å². The van der Waals surface area contributed by atoms with E-state index in [1.807, 2.05) is 29.2 Å². The van der Waals surface area contributed by atoms with Crippen molar-refractivity contribution in [2.45, 2.75) is 31.6 Å². The van der Waals surface area contributed by atoms with Crippen molar-refractivity contribution in [3.05, 3.63) is 89.6 Å². The molecule has 11 heteroatoms. The van der Waals surface area contributed by atoms with Crippen LogP contribution in [0.15, 0.2) is 72.9 Å². The second-order valence-electron chi connectivity index (χ2n) is 9.20. The topological polar surface area (TPSA) is 88.5 Å². The molecule has 39 heavy (non-hydrogen) atoms. The van der Waals surface area contributed by atoms with Crippen molar-refractivity contribution in [3.8, 4) is 0 Å². The maximum Gasteiger partial charge on any atom is 0.434 e. The Hall–Kier alpha value is -4.54. The van der Waals surface area contributed by atoms with E-state index in [0.29, 0.717) is 23.0 Å². The number of hydrogen-bond donors (Lipinski definition) is 2. The molecule has 1 atom stereocenters. The summed E-state index contributed by atoms with van der Waals surface area (Å²) in [6.07, 6.45) is -2.26. The van der Waals surface area contributed by atoms with Crippen LogP contribution in [0.25, 0.3) is 10.9 Å². The number of alkyl halides is 3. The minimum absolute atomic E-state index is 0.0483. The van der Waals surface area contributed by atoms with Gasteiger partial charge in [-0.3, -0.25) is 0 Å². The highest BCUT2D eigenvalue weighted by molar-refractivity contribution is 6.02. The Bertz CT molecular complexity index is 1520. The van der Waals surface area contributed by atoms with E-state index in [0.717, 1.165) is 28.4 Å². The van der Waals surface area contributed by atoms with Crippen LogP contribution in [0.5, 0.6) is 0 Å². The van der Waals surface area contributed by atoms with Gasteiger partial charge in [-0.25, -0.2) is 9.59 Å². The molecule has 0 radical (unpaired) electrons. The summed E-state index contributed by atoms with van der Waals surface area (Å²) in [6, 6.07) is 17.5. The van der Waals surface area contributed by atoms with Crippen molar-refractivity contribution in [1.82, 2.24) is 15.1 Å². The molecule has 1 unspecified atom stereocenters. The minimum atomic E-state index is -4.47. The molecule has 0 fully saturated rings. The fourth-order valence-corrected chi connectivity index (χ4v) is 4.99. The number of nitrogens with zero attached hydrogens (tertiary/aromatic N) is 3. The predicted octanol–water partition coefficient (Wildman–Crippen LogP) is 5.81. The highest BCUT2D eigenvalue weighted by Crippen LogP contribution is 2.36. The van der Waals surface area contributed by atoms with Gasteiger partial charge in [-0.1, -0.05) is 42.5 Å². The van der Waals surface area contributed by atoms with E-state index in [9.17, 15) is 22.8 Å². The number of halogens is 3. The van der Waals surface area contributed by atoms with E-state index >= 15 is 0 Å². The molecule has 1 aliphatic heterocycles. The van der Waals surface area contributed by atoms with Gasteiger partial charge in [-0.05, 0) is 48.2 Å². The first-order valence-electron chi connectivity index (χ1n) is 12.4. The molecule has 8 nitrogen and oxygen atoms in total. The number of nitrogens with one attached hydrogen (secondary N) is 2.